The van der Waals surface area contributed by atoms with E-state index in [0.717, 1.165) is 31.2 Å². The van der Waals surface area contributed by atoms with Gasteiger partial charge < -0.3 is 20.7 Å². The summed E-state index contributed by atoms with van der Waals surface area (Å²) in [5, 5.41) is 20.7. The summed E-state index contributed by atoms with van der Waals surface area (Å²) in [5.41, 5.74) is 0. The summed E-state index contributed by atoms with van der Waals surface area (Å²) < 4.78 is 6.01. The molecule has 6 nitrogen and oxygen atoms in total. The minimum absolute atomic E-state index is 0.00398. The van der Waals surface area contributed by atoms with Crippen LogP contribution in [0.4, 0.5) is 0 Å². The van der Waals surface area contributed by atoms with Gasteiger partial charge in [0.15, 0.2) is 0 Å². The molecule has 0 aromatic carbocycles. The van der Waals surface area contributed by atoms with Gasteiger partial charge in [-0.1, -0.05) is 32.1 Å². The number of rotatable bonds is 6. The van der Waals surface area contributed by atoms with Gasteiger partial charge in [0.25, 0.3) is 0 Å². The Morgan fingerprint density at radius 1 is 1.06 bits per heavy atom. The molecule has 6 heteroatoms. The Labute approximate surface area is 194 Å². The fourth-order valence-corrected chi connectivity index (χ4v) is 7.35. The zero-order chi connectivity index (χ0) is 22.5. The van der Waals surface area contributed by atoms with E-state index >= 15 is 0 Å². The van der Waals surface area contributed by atoms with Crippen molar-refractivity contribution in [2.45, 2.75) is 115 Å². The minimum atomic E-state index is -0.0195. The normalized spacial score (nSPS) is 40.8. The highest BCUT2D eigenvalue weighted by Crippen LogP contribution is 2.40. The number of nitriles is 1. The average Bonchev–Trinajstić information content (AvgIpc) is 2.81. The van der Waals surface area contributed by atoms with Gasteiger partial charge in [-0.15, -0.1) is 0 Å². The lowest BCUT2D eigenvalue weighted by Gasteiger charge is -2.50. The third-order valence-corrected chi connectivity index (χ3v) is 8.92. The molecule has 1 aliphatic heterocycles. The molecule has 32 heavy (non-hydrogen) atoms. The lowest BCUT2D eigenvalue weighted by atomic mass is 9.69. The molecule has 4 fully saturated rings. The number of ether oxygens (including phenoxy) is 1. The third kappa shape index (κ3) is 5.66. The number of hydrogen-bond donors (Lipinski definition) is 3. The van der Waals surface area contributed by atoms with Crippen molar-refractivity contribution in [1.82, 2.24) is 16.0 Å². The number of amides is 1. The second-order valence-corrected chi connectivity index (χ2v) is 10.9. The number of carbonyl (C=O) groups is 1. The van der Waals surface area contributed by atoms with Crippen LogP contribution in [-0.4, -0.2) is 49.3 Å². The van der Waals surface area contributed by atoms with E-state index in [9.17, 15) is 10.1 Å². The summed E-state index contributed by atoms with van der Waals surface area (Å²) in [6, 6.07) is 3.68. The Bertz CT molecular complexity index is 651. The quantitative estimate of drug-likeness (QED) is 0.584. The summed E-state index contributed by atoms with van der Waals surface area (Å²) in [6.07, 6.45) is 14.2. The summed E-state index contributed by atoms with van der Waals surface area (Å²) in [7, 11) is 0. The summed E-state index contributed by atoms with van der Waals surface area (Å²) in [6.45, 7) is 5.01. The van der Waals surface area contributed by atoms with Crippen LogP contribution in [0.5, 0.6) is 0 Å². The third-order valence-electron chi connectivity index (χ3n) is 8.92. The van der Waals surface area contributed by atoms with E-state index in [-0.39, 0.29) is 30.0 Å². The van der Waals surface area contributed by atoms with E-state index < -0.39 is 0 Å². The van der Waals surface area contributed by atoms with E-state index in [0.29, 0.717) is 24.6 Å². The predicted molar refractivity (Wildman–Crippen MR) is 126 cm³/mol. The second-order valence-electron chi connectivity index (χ2n) is 10.9. The van der Waals surface area contributed by atoms with E-state index in [2.05, 4.69) is 22.0 Å². The van der Waals surface area contributed by atoms with Gasteiger partial charge in [0.2, 0.25) is 5.91 Å². The van der Waals surface area contributed by atoms with Gasteiger partial charge in [-0.3, -0.25) is 4.79 Å². The van der Waals surface area contributed by atoms with Gasteiger partial charge in [-0.05, 0) is 63.2 Å². The van der Waals surface area contributed by atoms with Gasteiger partial charge in [-0.25, -0.2) is 0 Å². The van der Waals surface area contributed by atoms with Gasteiger partial charge in [0, 0.05) is 38.2 Å². The first-order valence-corrected chi connectivity index (χ1v) is 13.4. The van der Waals surface area contributed by atoms with Crippen LogP contribution in [0.15, 0.2) is 0 Å². The molecule has 3 N–H and O–H groups in total. The van der Waals surface area contributed by atoms with Crippen molar-refractivity contribution in [3.05, 3.63) is 0 Å². The molecule has 1 amide bonds. The standard InChI is InChI=1S/C26H44N4O2/c1-3-32-25-14-23-22(13-24(25)29-17(2)31)26(20(15-27)16-28-23)30-21-11-9-19(10-12-21)18-7-5-4-6-8-18/h18-26,28,30H,3-14,16H2,1-2H3,(H,29,31). The molecule has 6 unspecified atom stereocenters. The zero-order valence-corrected chi connectivity index (χ0v) is 20.2. The van der Waals surface area contributed by atoms with Crippen LogP contribution >= 0.6 is 0 Å². The maximum absolute atomic E-state index is 11.9. The molecule has 3 saturated carbocycles. The highest BCUT2D eigenvalue weighted by molar-refractivity contribution is 5.73. The largest absolute Gasteiger partial charge is 0.376 e. The minimum Gasteiger partial charge on any atom is -0.376 e. The fraction of sp³-hybridized carbons (Fsp3) is 0.923. The zero-order valence-electron chi connectivity index (χ0n) is 20.2. The predicted octanol–water partition coefficient (Wildman–Crippen LogP) is 3.52. The number of hydrogen-bond acceptors (Lipinski definition) is 5. The molecular formula is C26H44N4O2. The molecule has 0 aromatic heterocycles. The Hall–Kier alpha value is -1.16. The number of carbonyl (C=O) groups excluding carboxylic acids is 1. The number of nitrogens with one attached hydrogen (secondary N) is 3. The van der Waals surface area contributed by atoms with Crippen molar-refractivity contribution in [2.75, 3.05) is 13.2 Å². The van der Waals surface area contributed by atoms with E-state index in [4.69, 9.17) is 4.74 Å². The molecule has 6 atom stereocenters. The van der Waals surface area contributed by atoms with E-state index in [1.165, 1.54) is 57.8 Å². The second kappa shape index (κ2) is 11.3. The van der Waals surface area contributed by atoms with Crippen LogP contribution in [0.1, 0.15) is 84.5 Å². The smallest absolute Gasteiger partial charge is 0.217 e. The van der Waals surface area contributed by atoms with E-state index in [1.54, 1.807) is 6.92 Å². The van der Waals surface area contributed by atoms with Crippen molar-refractivity contribution in [2.24, 2.45) is 23.7 Å². The first kappa shape index (κ1) is 24.0. The van der Waals surface area contributed by atoms with Crippen LogP contribution in [0.25, 0.3) is 0 Å². The molecule has 0 spiro atoms. The fourth-order valence-electron chi connectivity index (χ4n) is 7.35. The molecule has 3 aliphatic carbocycles. The Morgan fingerprint density at radius 2 is 1.78 bits per heavy atom. The Balaban J connectivity index is 1.39. The van der Waals surface area contributed by atoms with Crippen LogP contribution in [-0.2, 0) is 9.53 Å². The summed E-state index contributed by atoms with van der Waals surface area (Å²) in [5.74, 6) is 2.22. The monoisotopic (exact) mass is 444 g/mol. The van der Waals surface area contributed by atoms with Crippen molar-refractivity contribution >= 4 is 5.91 Å². The highest BCUT2D eigenvalue weighted by atomic mass is 16.5. The van der Waals surface area contributed by atoms with Gasteiger partial charge in [-0.2, -0.15) is 5.26 Å². The molecular weight excluding hydrogens is 400 g/mol. The molecule has 0 aromatic rings. The molecule has 1 heterocycles. The molecule has 4 rings (SSSR count). The van der Waals surface area contributed by atoms with Crippen LogP contribution in [0.2, 0.25) is 0 Å². The molecule has 0 radical (unpaired) electrons. The van der Waals surface area contributed by atoms with Crippen molar-refractivity contribution in [1.29, 1.82) is 5.26 Å². The van der Waals surface area contributed by atoms with Crippen molar-refractivity contribution < 1.29 is 9.53 Å². The Morgan fingerprint density at radius 3 is 2.44 bits per heavy atom. The van der Waals surface area contributed by atoms with Crippen molar-refractivity contribution in [3.63, 3.8) is 0 Å². The number of nitrogens with zero attached hydrogens (tertiary/aromatic N) is 1. The van der Waals surface area contributed by atoms with Crippen molar-refractivity contribution in [3.8, 4) is 6.07 Å². The molecule has 4 aliphatic rings. The van der Waals surface area contributed by atoms with Gasteiger partial charge >= 0.3 is 0 Å². The lowest BCUT2D eigenvalue weighted by Crippen LogP contribution is -2.66. The van der Waals surface area contributed by atoms with E-state index in [1.807, 2.05) is 6.92 Å². The number of fused-ring (bicyclic) bond motifs is 1. The number of piperidine rings is 1. The molecule has 0 bridgehead atoms. The first-order chi connectivity index (χ1) is 15.6. The van der Waals surface area contributed by atoms with Crippen LogP contribution < -0.4 is 16.0 Å². The highest BCUT2D eigenvalue weighted by Gasteiger charge is 2.47. The van der Waals surface area contributed by atoms with Gasteiger partial charge in [0.05, 0.1) is 24.1 Å². The topological polar surface area (TPSA) is 86.2 Å². The summed E-state index contributed by atoms with van der Waals surface area (Å²) >= 11 is 0. The Kier molecular flexibility index (Phi) is 8.48. The molecule has 180 valence electrons. The summed E-state index contributed by atoms with van der Waals surface area (Å²) in [4.78, 5) is 11.9. The van der Waals surface area contributed by atoms with Crippen LogP contribution in [0, 0.1) is 35.0 Å². The lowest BCUT2D eigenvalue weighted by molar-refractivity contribution is -0.122. The van der Waals surface area contributed by atoms with Crippen LogP contribution in [0.3, 0.4) is 0 Å². The first-order valence-electron chi connectivity index (χ1n) is 13.4. The maximum Gasteiger partial charge on any atom is 0.217 e. The van der Waals surface area contributed by atoms with Gasteiger partial charge in [0.1, 0.15) is 0 Å². The average molecular weight is 445 g/mol. The SMILES string of the molecule is CCOC1CC2NCC(C#N)C(NC3CCC(C4CCCCC4)CC3)C2CC1NC(C)=O. The molecule has 1 saturated heterocycles. The maximum atomic E-state index is 11.9.